The molecule has 2 unspecified atom stereocenters. The number of hydrogen-bond acceptors (Lipinski definition) is 4. The van der Waals surface area contributed by atoms with Crippen LogP contribution in [0, 0.1) is 17.1 Å². The van der Waals surface area contributed by atoms with Crippen LogP contribution in [0.2, 0.25) is 0 Å². The van der Waals surface area contributed by atoms with Gasteiger partial charge < -0.3 is 15.3 Å². The average Bonchev–Trinajstić information content (AvgIpc) is 3.01. The number of rotatable bonds is 1. The molecule has 1 heterocycles. The van der Waals surface area contributed by atoms with Crippen molar-refractivity contribution in [2.24, 2.45) is 0 Å². The molecule has 2 aliphatic rings. The van der Waals surface area contributed by atoms with Crippen molar-refractivity contribution in [3.63, 3.8) is 0 Å². The summed E-state index contributed by atoms with van der Waals surface area (Å²) >= 11 is 5.18. The summed E-state index contributed by atoms with van der Waals surface area (Å²) in [7, 11) is 0. The molecule has 132 valence electrons. The van der Waals surface area contributed by atoms with E-state index in [9.17, 15) is 23.1 Å². The van der Waals surface area contributed by atoms with E-state index in [1.54, 1.807) is 6.07 Å². The van der Waals surface area contributed by atoms with Gasteiger partial charge in [0.05, 0.1) is 23.7 Å². The van der Waals surface area contributed by atoms with E-state index in [-0.39, 0.29) is 41.4 Å². The zero-order valence-electron chi connectivity index (χ0n) is 12.9. The summed E-state index contributed by atoms with van der Waals surface area (Å²) in [6.45, 7) is -0.840. The maximum absolute atomic E-state index is 14.1. The number of aliphatic hydroxyl groups is 1. The highest BCUT2D eigenvalue weighted by Gasteiger charge is 2.65. The summed E-state index contributed by atoms with van der Waals surface area (Å²) in [5, 5.41) is 21.5. The first-order valence-electron chi connectivity index (χ1n) is 7.55. The Morgan fingerprint density at radius 2 is 2.16 bits per heavy atom. The molecular weight excluding hydrogens is 355 g/mol. The number of nitriles is 1. The molecule has 2 N–H and O–H groups in total. The first-order chi connectivity index (χ1) is 11.7. The number of Topliss-reactive ketones (excluding diaryl/α,β-unsaturated/α-hetero) is 1. The van der Waals surface area contributed by atoms with Gasteiger partial charge >= 0.3 is 0 Å². The summed E-state index contributed by atoms with van der Waals surface area (Å²) in [5.41, 5.74) is -1.29. The Morgan fingerprint density at radius 1 is 1.44 bits per heavy atom. The molecule has 9 heteroatoms. The number of alkyl halides is 2. The molecule has 1 saturated heterocycles. The number of nitrogens with one attached hydrogen (secondary N) is 1. The van der Waals surface area contributed by atoms with Crippen LogP contribution in [0.15, 0.2) is 18.2 Å². The van der Waals surface area contributed by atoms with E-state index in [0.29, 0.717) is 0 Å². The Morgan fingerprint density at radius 3 is 2.76 bits per heavy atom. The van der Waals surface area contributed by atoms with Crippen LogP contribution in [0.25, 0.3) is 0 Å². The number of likely N-dealkylation sites (tertiary alicyclic amines) is 1. The fourth-order valence-corrected chi connectivity index (χ4v) is 3.89. The lowest BCUT2D eigenvalue weighted by atomic mass is 9.90. The van der Waals surface area contributed by atoms with E-state index >= 15 is 0 Å². The zero-order valence-corrected chi connectivity index (χ0v) is 13.7. The van der Waals surface area contributed by atoms with Crippen molar-refractivity contribution in [1.29, 1.82) is 5.26 Å². The summed E-state index contributed by atoms with van der Waals surface area (Å²) in [5.74, 6) is -4.32. The van der Waals surface area contributed by atoms with Gasteiger partial charge in [-0.2, -0.15) is 5.26 Å². The first-order valence-corrected chi connectivity index (χ1v) is 7.96. The van der Waals surface area contributed by atoms with Crippen molar-refractivity contribution in [1.82, 2.24) is 4.90 Å². The number of ketones is 1. The van der Waals surface area contributed by atoms with Gasteiger partial charge in [0.1, 0.15) is 17.7 Å². The number of thiocarbonyl (C=S) groups is 1. The van der Waals surface area contributed by atoms with Gasteiger partial charge in [0.2, 0.25) is 0 Å². The highest BCUT2D eigenvalue weighted by molar-refractivity contribution is 7.80. The number of aliphatic hydroxyl groups excluding tert-OH is 1. The van der Waals surface area contributed by atoms with Crippen LogP contribution in [0.4, 0.5) is 18.9 Å². The van der Waals surface area contributed by atoms with Crippen molar-refractivity contribution in [2.75, 3.05) is 11.9 Å². The van der Waals surface area contributed by atoms with E-state index in [4.69, 9.17) is 17.5 Å². The maximum Gasteiger partial charge on any atom is 0.292 e. The van der Waals surface area contributed by atoms with E-state index in [1.165, 1.54) is 6.07 Å². The van der Waals surface area contributed by atoms with Gasteiger partial charge in [-0.15, -0.1) is 0 Å². The highest BCUT2D eigenvalue weighted by atomic mass is 32.1. The molecular formula is C16H14F3N3O2S. The van der Waals surface area contributed by atoms with Crippen molar-refractivity contribution in [3.8, 4) is 6.07 Å². The smallest absolute Gasteiger partial charge is 0.292 e. The predicted molar refractivity (Wildman–Crippen MR) is 86.6 cm³/mol. The van der Waals surface area contributed by atoms with Gasteiger partial charge in [-0.25, -0.2) is 13.2 Å². The number of carbonyl (C=O) groups excluding carboxylic acids is 1. The third-order valence-corrected chi connectivity index (χ3v) is 5.00. The van der Waals surface area contributed by atoms with Gasteiger partial charge in [-0.05, 0) is 36.8 Å². The topological polar surface area (TPSA) is 76.4 Å². The lowest BCUT2D eigenvalue weighted by Crippen LogP contribution is -2.53. The molecule has 25 heavy (non-hydrogen) atoms. The third-order valence-electron chi connectivity index (χ3n) is 4.68. The minimum absolute atomic E-state index is 0.0443. The predicted octanol–water partition coefficient (Wildman–Crippen LogP) is 2.20. The van der Waals surface area contributed by atoms with Crippen molar-refractivity contribution >= 4 is 28.8 Å². The van der Waals surface area contributed by atoms with Crippen LogP contribution in [0.5, 0.6) is 0 Å². The van der Waals surface area contributed by atoms with Gasteiger partial charge in [0.15, 0.2) is 5.11 Å². The molecule has 1 aliphatic carbocycles. The van der Waals surface area contributed by atoms with E-state index in [0.717, 1.165) is 17.0 Å². The summed E-state index contributed by atoms with van der Waals surface area (Å²) in [6.07, 6.45) is -2.09. The van der Waals surface area contributed by atoms with Crippen molar-refractivity contribution in [3.05, 3.63) is 29.6 Å². The Bertz CT molecular complexity index is 795. The number of halogens is 3. The minimum atomic E-state index is -3.42. The van der Waals surface area contributed by atoms with Crippen LogP contribution >= 0.6 is 12.2 Å². The van der Waals surface area contributed by atoms with Crippen LogP contribution in [0.3, 0.4) is 0 Å². The van der Waals surface area contributed by atoms with Crippen molar-refractivity contribution in [2.45, 2.75) is 36.8 Å². The van der Waals surface area contributed by atoms with Gasteiger partial charge in [0, 0.05) is 18.5 Å². The molecule has 0 radical (unpaired) electrons. The first kappa shape index (κ1) is 17.6. The summed E-state index contributed by atoms with van der Waals surface area (Å²) in [4.78, 5) is 12.8. The molecule has 2 atom stereocenters. The fraction of sp³-hybridized carbons (Fsp3) is 0.438. The van der Waals surface area contributed by atoms with Gasteiger partial charge in [0.25, 0.3) is 5.92 Å². The number of hydrogen-bond donors (Lipinski definition) is 2. The molecule has 2 fully saturated rings. The third kappa shape index (κ3) is 2.96. The molecule has 1 aromatic carbocycles. The summed E-state index contributed by atoms with van der Waals surface area (Å²) < 4.78 is 41.7. The molecule has 0 aromatic heterocycles. The Kier molecular flexibility index (Phi) is 4.21. The normalized spacial score (nSPS) is 27.6. The molecule has 0 bridgehead atoms. The number of nitrogens with zero attached hydrogens (tertiary/aromatic N) is 2. The maximum atomic E-state index is 14.1. The Labute approximate surface area is 147 Å². The highest BCUT2D eigenvalue weighted by Crippen LogP contribution is 2.48. The van der Waals surface area contributed by atoms with Crippen LogP contribution in [0.1, 0.15) is 24.8 Å². The van der Waals surface area contributed by atoms with Crippen LogP contribution < -0.4 is 5.32 Å². The molecule has 3 rings (SSSR count). The second-order valence-electron chi connectivity index (χ2n) is 6.34. The SMILES string of the molecule is N#Cc1cc(F)cc(NC(=S)N2CC(F)(F)C(O)C23CCC(=O)C3)c1. The molecule has 0 amide bonds. The summed E-state index contributed by atoms with van der Waals surface area (Å²) in [6, 6.07) is 5.21. The van der Waals surface area contributed by atoms with Gasteiger partial charge in [-0.3, -0.25) is 4.79 Å². The van der Waals surface area contributed by atoms with E-state index < -0.39 is 29.9 Å². The van der Waals surface area contributed by atoms with Gasteiger partial charge in [-0.1, -0.05) is 0 Å². The Hall–Kier alpha value is -2.18. The second kappa shape index (κ2) is 5.97. The largest absolute Gasteiger partial charge is 0.384 e. The molecule has 1 saturated carbocycles. The lowest BCUT2D eigenvalue weighted by Gasteiger charge is -2.37. The van der Waals surface area contributed by atoms with E-state index in [2.05, 4.69) is 5.32 Å². The monoisotopic (exact) mass is 369 g/mol. The lowest BCUT2D eigenvalue weighted by molar-refractivity contribution is -0.120. The molecule has 1 aromatic rings. The fourth-order valence-electron chi connectivity index (χ4n) is 3.52. The molecule has 5 nitrogen and oxygen atoms in total. The standard InChI is InChI=1S/C16H14F3N3O2S/c17-10-3-9(7-20)4-11(5-10)21-14(25)22-8-16(18,19)13(24)15(22)2-1-12(23)6-15/h3-5,13,24H,1-2,6,8H2,(H,21,25). The molecule has 1 spiro atoms. The minimum Gasteiger partial charge on any atom is -0.384 e. The average molecular weight is 369 g/mol. The number of carbonyl (C=O) groups is 1. The quantitative estimate of drug-likeness (QED) is 0.739. The van der Waals surface area contributed by atoms with E-state index in [1.807, 2.05) is 0 Å². The van der Waals surface area contributed by atoms with Crippen LogP contribution in [-0.2, 0) is 4.79 Å². The number of anilines is 1. The second-order valence-corrected chi connectivity index (χ2v) is 6.73. The number of benzene rings is 1. The zero-order chi connectivity index (χ0) is 18.4. The van der Waals surface area contributed by atoms with Crippen LogP contribution in [-0.4, -0.2) is 45.0 Å². The van der Waals surface area contributed by atoms with Crippen molar-refractivity contribution < 1.29 is 23.1 Å². The Balaban J connectivity index is 1.89. The molecule has 1 aliphatic heterocycles.